The molecule has 1 aliphatic rings. The summed E-state index contributed by atoms with van der Waals surface area (Å²) < 4.78 is 0. The number of nitrogens with zero attached hydrogens (tertiary/aromatic N) is 1. The Morgan fingerprint density at radius 2 is 2.36 bits per heavy atom. The number of aliphatic hydroxyl groups excluding tert-OH is 1. The number of pyridine rings is 1. The van der Waals surface area contributed by atoms with Crippen LogP contribution in [0.15, 0.2) is 18.3 Å². The number of aliphatic hydroxyl groups is 1. The van der Waals surface area contributed by atoms with Crippen LogP contribution in [-0.2, 0) is 0 Å². The molecule has 0 bridgehead atoms. The predicted octanol–water partition coefficient (Wildman–Crippen LogP) is 0.848. The molecule has 0 aliphatic heterocycles. The average molecular weight is 193 g/mol. The molecule has 0 radical (unpaired) electrons. The Hall–Kier alpha value is -1.29. The van der Waals surface area contributed by atoms with E-state index in [-0.39, 0.29) is 12.0 Å². The van der Waals surface area contributed by atoms with E-state index in [1.165, 1.54) is 0 Å². The van der Waals surface area contributed by atoms with Crippen LogP contribution < -0.4 is 11.1 Å². The summed E-state index contributed by atoms with van der Waals surface area (Å²) in [5, 5.41) is 12.3. The average Bonchev–Trinajstić information content (AvgIpc) is 2.98. The Kier molecular flexibility index (Phi) is 2.29. The van der Waals surface area contributed by atoms with Crippen molar-refractivity contribution >= 4 is 11.5 Å². The van der Waals surface area contributed by atoms with Crippen LogP contribution in [0.4, 0.5) is 11.5 Å². The minimum absolute atomic E-state index is 0.0995. The number of nitrogens with one attached hydrogen (secondary N) is 1. The van der Waals surface area contributed by atoms with Gasteiger partial charge in [0.2, 0.25) is 0 Å². The van der Waals surface area contributed by atoms with Crippen LogP contribution in [0.2, 0.25) is 0 Å². The lowest BCUT2D eigenvalue weighted by atomic mass is 10.1. The second kappa shape index (κ2) is 3.46. The lowest BCUT2D eigenvalue weighted by Crippen LogP contribution is -2.19. The molecule has 1 aromatic rings. The molecular formula is C10H15N3O. The largest absolute Gasteiger partial charge is 0.396 e. The fraction of sp³-hybridized carbons (Fsp3) is 0.500. The van der Waals surface area contributed by atoms with Crippen LogP contribution in [0.25, 0.3) is 0 Å². The summed E-state index contributed by atoms with van der Waals surface area (Å²) in [6, 6.07) is 3.74. The van der Waals surface area contributed by atoms with Crippen molar-refractivity contribution in [1.29, 1.82) is 0 Å². The number of anilines is 2. The topological polar surface area (TPSA) is 71.2 Å². The predicted molar refractivity (Wildman–Crippen MR) is 55.9 cm³/mol. The summed E-state index contributed by atoms with van der Waals surface area (Å²) in [7, 11) is 0. The van der Waals surface area contributed by atoms with Crippen LogP contribution in [0.1, 0.15) is 12.8 Å². The molecule has 0 aromatic carbocycles. The van der Waals surface area contributed by atoms with E-state index in [9.17, 15) is 0 Å². The highest BCUT2D eigenvalue weighted by Crippen LogP contribution is 2.45. The van der Waals surface area contributed by atoms with Gasteiger partial charge in [-0.15, -0.1) is 0 Å². The van der Waals surface area contributed by atoms with Crippen molar-refractivity contribution in [3.8, 4) is 0 Å². The van der Waals surface area contributed by atoms with E-state index in [2.05, 4.69) is 10.3 Å². The summed E-state index contributed by atoms with van der Waals surface area (Å²) >= 11 is 0. The molecule has 4 nitrogen and oxygen atoms in total. The van der Waals surface area contributed by atoms with Gasteiger partial charge in [-0.2, -0.15) is 0 Å². The first kappa shape index (κ1) is 9.27. The van der Waals surface area contributed by atoms with Gasteiger partial charge in [-0.05, 0) is 25.0 Å². The van der Waals surface area contributed by atoms with E-state index < -0.39 is 0 Å². The van der Waals surface area contributed by atoms with Crippen LogP contribution in [0.3, 0.4) is 0 Å². The summed E-state index contributed by atoms with van der Waals surface area (Å²) in [6.45, 7) is 1.03. The quantitative estimate of drug-likeness (QED) is 0.663. The first-order valence-electron chi connectivity index (χ1n) is 4.81. The summed E-state index contributed by atoms with van der Waals surface area (Å²) in [5.41, 5.74) is 6.63. The van der Waals surface area contributed by atoms with E-state index >= 15 is 0 Å². The highest BCUT2D eigenvalue weighted by molar-refractivity contribution is 5.61. The molecule has 0 unspecified atom stereocenters. The highest BCUT2D eigenvalue weighted by Gasteiger charge is 2.41. The molecule has 4 N–H and O–H groups in total. The fourth-order valence-electron chi connectivity index (χ4n) is 1.42. The van der Waals surface area contributed by atoms with Crippen molar-refractivity contribution in [3.05, 3.63) is 18.3 Å². The molecule has 0 spiro atoms. The van der Waals surface area contributed by atoms with Crippen molar-refractivity contribution in [2.75, 3.05) is 24.2 Å². The summed E-state index contributed by atoms with van der Waals surface area (Å²) in [5.74, 6) is 0.515. The maximum absolute atomic E-state index is 9.12. The van der Waals surface area contributed by atoms with Crippen molar-refractivity contribution in [3.63, 3.8) is 0 Å². The van der Waals surface area contributed by atoms with Crippen LogP contribution in [0, 0.1) is 5.41 Å². The SMILES string of the molecule is Nc1ncccc1NCC1(CO)CC1. The molecule has 1 fully saturated rings. The van der Waals surface area contributed by atoms with Gasteiger partial charge in [0, 0.05) is 18.2 Å². The van der Waals surface area contributed by atoms with Gasteiger partial charge < -0.3 is 16.2 Å². The van der Waals surface area contributed by atoms with Gasteiger partial charge in [-0.1, -0.05) is 0 Å². The minimum atomic E-state index is 0.0995. The molecule has 1 saturated carbocycles. The summed E-state index contributed by atoms with van der Waals surface area (Å²) in [6.07, 6.45) is 3.85. The van der Waals surface area contributed by atoms with E-state index in [0.717, 1.165) is 25.1 Å². The van der Waals surface area contributed by atoms with Crippen LogP contribution >= 0.6 is 0 Å². The minimum Gasteiger partial charge on any atom is -0.396 e. The highest BCUT2D eigenvalue weighted by atomic mass is 16.3. The molecule has 0 atom stereocenters. The lowest BCUT2D eigenvalue weighted by molar-refractivity contribution is 0.220. The molecule has 0 saturated heterocycles. The number of nitrogen functional groups attached to an aromatic ring is 1. The van der Waals surface area contributed by atoms with E-state index in [1.807, 2.05) is 12.1 Å². The third-order valence-corrected chi connectivity index (χ3v) is 2.78. The van der Waals surface area contributed by atoms with Crippen LogP contribution in [0.5, 0.6) is 0 Å². The van der Waals surface area contributed by atoms with Gasteiger partial charge in [0.1, 0.15) is 5.82 Å². The molecule has 76 valence electrons. The zero-order valence-electron chi connectivity index (χ0n) is 8.03. The first-order chi connectivity index (χ1) is 6.76. The molecule has 0 amide bonds. The molecule has 2 rings (SSSR count). The maximum Gasteiger partial charge on any atom is 0.146 e. The van der Waals surface area contributed by atoms with E-state index in [4.69, 9.17) is 10.8 Å². The zero-order chi connectivity index (χ0) is 10.0. The molecule has 4 heteroatoms. The van der Waals surface area contributed by atoms with Gasteiger partial charge >= 0.3 is 0 Å². The molecule has 1 aliphatic carbocycles. The van der Waals surface area contributed by atoms with Gasteiger partial charge in [0.25, 0.3) is 0 Å². The fourth-order valence-corrected chi connectivity index (χ4v) is 1.42. The van der Waals surface area contributed by atoms with Crippen LogP contribution in [-0.4, -0.2) is 23.2 Å². The molecule has 1 heterocycles. The third kappa shape index (κ3) is 1.80. The van der Waals surface area contributed by atoms with Gasteiger partial charge in [0.15, 0.2) is 0 Å². The Morgan fingerprint density at radius 1 is 1.57 bits per heavy atom. The first-order valence-corrected chi connectivity index (χ1v) is 4.81. The van der Waals surface area contributed by atoms with Crippen molar-refractivity contribution < 1.29 is 5.11 Å². The van der Waals surface area contributed by atoms with Gasteiger partial charge in [-0.3, -0.25) is 0 Å². The number of nitrogens with two attached hydrogens (primary N) is 1. The standard InChI is InChI=1S/C10H15N3O/c11-9-8(2-1-5-12-9)13-6-10(7-14)3-4-10/h1-2,5,13-14H,3-4,6-7H2,(H2,11,12). The monoisotopic (exact) mass is 193 g/mol. The molecule has 14 heavy (non-hydrogen) atoms. The maximum atomic E-state index is 9.12. The Bertz CT molecular complexity index is 323. The third-order valence-electron chi connectivity index (χ3n) is 2.78. The van der Waals surface area contributed by atoms with Crippen molar-refractivity contribution in [2.24, 2.45) is 5.41 Å². The molecule has 1 aromatic heterocycles. The molecular weight excluding hydrogens is 178 g/mol. The number of hydrogen-bond acceptors (Lipinski definition) is 4. The number of hydrogen-bond donors (Lipinski definition) is 3. The van der Waals surface area contributed by atoms with E-state index in [0.29, 0.717) is 5.82 Å². The number of rotatable bonds is 4. The Balaban J connectivity index is 1.95. The summed E-state index contributed by atoms with van der Waals surface area (Å²) in [4.78, 5) is 3.98. The van der Waals surface area contributed by atoms with Gasteiger partial charge in [0.05, 0.1) is 12.3 Å². The Labute approximate surface area is 83.2 Å². The van der Waals surface area contributed by atoms with Crippen molar-refractivity contribution in [1.82, 2.24) is 4.98 Å². The smallest absolute Gasteiger partial charge is 0.146 e. The van der Waals surface area contributed by atoms with Crippen molar-refractivity contribution in [2.45, 2.75) is 12.8 Å². The second-order valence-corrected chi connectivity index (χ2v) is 3.95. The van der Waals surface area contributed by atoms with Gasteiger partial charge in [-0.25, -0.2) is 4.98 Å². The second-order valence-electron chi connectivity index (χ2n) is 3.95. The van der Waals surface area contributed by atoms with E-state index in [1.54, 1.807) is 6.20 Å². The number of aromatic nitrogens is 1. The Morgan fingerprint density at radius 3 is 2.93 bits per heavy atom. The zero-order valence-corrected chi connectivity index (χ0v) is 8.03. The lowest BCUT2D eigenvalue weighted by Gasteiger charge is -2.14. The normalized spacial score (nSPS) is 17.8.